The lowest BCUT2D eigenvalue weighted by Gasteiger charge is -2.72. The number of benzene rings is 1. The van der Waals surface area contributed by atoms with Crippen LogP contribution in [0.1, 0.15) is 118 Å². The molecule has 0 saturated heterocycles. The Morgan fingerprint density at radius 3 is 2.30 bits per heavy atom. The third-order valence-corrected chi connectivity index (χ3v) is 17.4. The van der Waals surface area contributed by atoms with Gasteiger partial charge in [-0.25, -0.2) is 0 Å². The number of allylic oxidation sites excluding steroid dienone is 1. The average Bonchev–Trinajstić information content (AvgIpc) is 3.72. The highest BCUT2D eigenvalue weighted by atomic mass is 16.4. The molecule has 0 unspecified atom stereocenters. The standard InChI is InChI=1S/C45H62N2O7/c1-25(2)29-14-19-45(36(49)23-27(39(52)53)22-28-24-46-32-11-9-8-10-30(28)32)21-20-42(5)31(37(29)45)12-13-33-41(4)17-16-35(48)44(7,34(41)15-18-43(33,42)6)40(54)47-26(3)38(50)51/h8-11,24,26-27,29,31,33-35,37,46,48H,1,12-23H2,2-7H3,(H,47,54)(H,50,51)(H,52,53)/t26-,27+,29-,31+,33+,34+,35+,37+,41+,42+,43+,44-,45+/m0/s1. The van der Waals surface area contributed by atoms with Crippen molar-refractivity contribution in [2.24, 2.45) is 62.6 Å². The number of aromatic amines is 1. The van der Waals surface area contributed by atoms with Crippen LogP contribution in [0.15, 0.2) is 42.6 Å². The monoisotopic (exact) mass is 742 g/mol. The zero-order chi connectivity index (χ0) is 39.2. The molecular formula is C45H62N2O7. The van der Waals surface area contributed by atoms with Crippen molar-refractivity contribution in [3.8, 4) is 0 Å². The fourth-order valence-corrected chi connectivity index (χ4v) is 14.3. The molecule has 5 aliphatic carbocycles. The Hall–Kier alpha value is -3.46. The third-order valence-electron chi connectivity index (χ3n) is 17.4. The highest BCUT2D eigenvalue weighted by molar-refractivity contribution is 5.90. The van der Waals surface area contributed by atoms with Crippen LogP contribution in [-0.2, 0) is 25.6 Å². The number of hydrogen-bond acceptors (Lipinski definition) is 5. The molecule has 1 aromatic heterocycles. The Kier molecular flexibility index (Phi) is 9.59. The Morgan fingerprint density at radius 1 is 0.889 bits per heavy atom. The molecule has 0 spiro atoms. The number of ketones is 1. The molecule has 9 nitrogen and oxygen atoms in total. The molecule has 5 saturated carbocycles. The zero-order valence-corrected chi connectivity index (χ0v) is 33.2. The van der Waals surface area contributed by atoms with E-state index in [2.05, 4.69) is 44.6 Å². The summed E-state index contributed by atoms with van der Waals surface area (Å²) in [4.78, 5) is 56.7. The number of carboxylic acids is 2. The van der Waals surface area contributed by atoms with Crippen molar-refractivity contribution in [1.29, 1.82) is 0 Å². The van der Waals surface area contributed by atoms with Gasteiger partial charge in [-0.05, 0) is 149 Å². The topological polar surface area (TPSA) is 157 Å². The number of H-pyrrole nitrogens is 1. The largest absolute Gasteiger partial charge is 0.481 e. The van der Waals surface area contributed by atoms with Gasteiger partial charge >= 0.3 is 11.9 Å². The summed E-state index contributed by atoms with van der Waals surface area (Å²) in [6.45, 7) is 17.2. The molecule has 54 heavy (non-hydrogen) atoms. The second kappa shape index (κ2) is 13.3. The van der Waals surface area contributed by atoms with E-state index in [0.717, 1.165) is 79.8 Å². The highest BCUT2D eigenvalue weighted by Gasteiger charge is 2.72. The summed E-state index contributed by atoms with van der Waals surface area (Å²) in [5.74, 6) is -2.30. The second-order valence-electron chi connectivity index (χ2n) is 19.4. The maximum absolute atomic E-state index is 14.9. The van der Waals surface area contributed by atoms with Crippen molar-refractivity contribution in [3.05, 3.63) is 48.2 Å². The number of hydrogen-bond donors (Lipinski definition) is 5. The van der Waals surface area contributed by atoms with Crippen molar-refractivity contribution in [2.75, 3.05) is 0 Å². The molecule has 2 aromatic rings. The number of rotatable bonds is 10. The quantitative estimate of drug-likeness (QED) is 0.155. The van der Waals surface area contributed by atoms with Crippen molar-refractivity contribution >= 4 is 34.5 Å². The molecular weight excluding hydrogens is 681 g/mol. The summed E-state index contributed by atoms with van der Waals surface area (Å²) in [5.41, 5.74) is 0.943. The summed E-state index contributed by atoms with van der Waals surface area (Å²) in [6.07, 6.45) is 9.58. The fraction of sp³-hybridized carbons (Fsp3) is 0.689. The summed E-state index contributed by atoms with van der Waals surface area (Å²) >= 11 is 0. The van der Waals surface area contributed by atoms with E-state index in [1.165, 1.54) is 6.92 Å². The highest BCUT2D eigenvalue weighted by Crippen LogP contribution is 2.77. The molecule has 5 fully saturated rings. The van der Waals surface area contributed by atoms with Gasteiger partial charge in [0.1, 0.15) is 11.8 Å². The number of para-hydroxylation sites is 1. The summed E-state index contributed by atoms with van der Waals surface area (Å²) in [7, 11) is 0. The maximum Gasteiger partial charge on any atom is 0.325 e. The lowest BCUT2D eigenvalue weighted by Crippen LogP contribution is -2.69. The first-order valence-electron chi connectivity index (χ1n) is 20.5. The summed E-state index contributed by atoms with van der Waals surface area (Å²) < 4.78 is 0. The number of amides is 1. The van der Waals surface area contributed by atoms with Crippen LogP contribution < -0.4 is 5.32 Å². The van der Waals surface area contributed by atoms with Gasteiger partial charge in [0.2, 0.25) is 5.91 Å². The van der Waals surface area contributed by atoms with Crippen LogP contribution in [0.5, 0.6) is 0 Å². The van der Waals surface area contributed by atoms with E-state index in [1.54, 1.807) is 0 Å². The number of carboxylic acid groups (broad SMARTS) is 2. The van der Waals surface area contributed by atoms with Crippen molar-refractivity contribution in [1.82, 2.24) is 10.3 Å². The summed E-state index contributed by atoms with van der Waals surface area (Å²) in [5, 5.41) is 35.3. The molecule has 13 atom stereocenters. The number of fused-ring (bicyclic) bond motifs is 8. The molecule has 0 radical (unpaired) electrons. The van der Waals surface area contributed by atoms with Crippen LogP contribution in [0.3, 0.4) is 0 Å². The van der Waals surface area contributed by atoms with Gasteiger partial charge in [0.05, 0.1) is 17.4 Å². The first-order chi connectivity index (χ1) is 25.3. The molecule has 7 rings (SSSR count). The van der Waals surface area contributed by atoms with Gasteiger partial charge in [-0.15, -0.1) is 0 Å². The van der Waals surface area contributed by atoms with Gasteiger partial charge in [0.15, 0.2) is 0 Å². The number of carbonyl (C=O) groups excluding carboxylic acids is 2. The normalized spacial score (nSPS) is 41.0. The third kappa shape index (κ3) is 5.48. The van der Waals surface area contributed by atoms with Crippen molar-refractivity contribution in [2.45, 2.75) is 131 Å². The molecule has 1 heterocycles. The number of aromatic nitrogens is 1. The minimum Gasteiger partial charge on any atom is -0.481 e. The minimum atomic E-state index is -1.10. The number of nitrogens with one attached hydrogen (secondary N) is 2. The van der Waals surface area contributed by atoms with E-state index in [4.69, 9.17) is 0 Å². The lowest BCUT2D eigenvalue weighted by atomic mass is 9.32. The minimum absolute atomic E-state index is 0.0286. The zero-order valence-electron chi connectivity index (χ0n) is 33.2. The lowest BCUT2D eigenvalue weighted by molar-refractivity contribution is -0.246. The number of aliphatic carboxylic acids is 2. The molecule has 1 amide bonds. The van der Waals surface area contributed by atoms with Crippen LogP contribution in [0.25, 0.3) is 10.9 Å². The Bertz CT molecular complexity index is 1870. The average molecular weight is 743 g/mol. The van der Waals surface area contributed by atoms with Gasteiger partial charge in [0, 0.05) is 28.9 Å². The van der Waals surface area contributed by atoms with E-state index < -0.39 is 40.8 Å². The van der Waals surface area contributed by atoms with E-state index in [1.807, 2.05) is 37.4 Å². The van der Waals surface area contributed by atoms with Gasteiger partial charge < -0.3 is 25.6 Å². The Balaban J connectivity index is 1.19. The van der Waals surface area contributed by atoms with Crippen LogP contribution in [0.4, 0.5) is 0 Å². The van der Waals surface area contributed by atoms with Crippen LogP contribution in [0, 0.1) is 62.6 Å². The SMILES string of the molecule is C=C(C)[C@@H]1CC[C@]2(C(=O)C[C@@H](Cc3c[nH]c4ccccc34)C(=O)O)CC[C@]3(C)[C@H](CC[C@@H]4[C@@]5(C)CC[C@@H](O)[C@@](C)(C(=O)N[C@@H](C)C(=O)O)[C@@H]5CC[C@]43C)[C@@H]12. The molecule has 9 heteroatoms. The van der Waals surface area contributed by atoms with Crippen LogP contribution >= 0.6 is 0 Å². The van der Waals surface area contributed by atoms with Gasteiger partial charge in [0.25, 0.3) is 0 Å². The predicted molar refractivity (Wildman–Crippen MR) is 207 cm³/mol. The van der Waals surface area contributed by atoms with E-state index in [-0.39, 0.29) is 58.0 Å². The van der Waals surface area contributed by atoms with Gasteiger partial charge in [-0.2, -0.15) is 0 Å². The first-order valence-corrected chi connectivity index (χ1v) is 20.5. The van der Waals surface area contributed by atoms with Gasteiger partial charge in [-0.3, -0.25) is 19.2 Å². The molecule has 1 aromatic carbocycles. The summed E-state index contributed by atoms with van der Waals surface area (Å²) in [6, 6.07) is 6.85. The molecule has 5 aliphatic rings. The number of Topliss-reactive ketones (excluding diaryl/α,β-unsaturated/α-hetero) is 1. The van der Waals surface area contributed by atoms with E-state index >= 15 is 0 Å². The van der Waals surface area contributed by atoms with Crippen molar-refractivity contribution < 1.29 is 34.5 Å². The van der Waals surface area contributed by atoms with Crippen LogP contribution in [-0.4, -0.2) is 56.1 Å². The number of aliphatic hydroxyl groups excluding tert-OH is 1. The Morgan fingerprint density at radius 2 is 1.61 bits per heavy atom. The Labute approximate surface area is 320 Å². The van der Waals surface area contributed by atoms with Crippen LogP contribution in [0.2, 0.25) is 0 Å². The predicted octanol–water partition coefficient (Wildman–Crippen LogP) is 7.96. The fourth-order valence-electron chi connectivity index (χ4n) is 14.3. The molecule has 0 aliphatic heterocycles. The molecule has 0 bridgehead atoms. The first kappa shape index (κ1) is 38.8. The molecule has 5 N–H and O–H groups in total. The number of aliphatic hydroxyl groups is 1. The van der Waals surface area contributed by atoms with E-state index in [9.17, 15) is 34.5 Å². The number of carbonyl (C=O) groups is 4. The smallest absolute Gasteiger partial charge is 0.325 e. The maximum atomic E-state index is 14.9. The van der Waals surface area contributed by atoms with Gasteiger partial charge in [-0.1, -0.05) is 51.1 Å². The second-order valence-corrected chi connectivity index (χ2v) is 19.4. The van der Waals surface area contributed by atoms with Crippen molar-refractivity contribution in [3.63, 3.8) is 0 Å². The molecule has 294 valence electrons. The van der Waals surface area contributed by atoms with E-state index in [0.29, 0.717) is 18.8 Å².